The number of benzene rings is 1. The third-order valence-electron chi connectivity index (χ3n) is 3.73. The lowest BCUT2D eigenvalue weighted by Crippen LogP contribution is -2.23. The first-order valence-corrected chi connectivity index (χ1v) is 8.36. The van der Waals surface area contributed by atoms with Crippen molar-refractivity contribution in [2.45, 2.75) is 13.3 Å². The Morgan fingerprint density at radius 2 is 2.12 bits per heavy atom. The van der Waals surface area contributed by atoms with Gasteiger partial charge in [-0.3, -0.25) is 14.0 Å². The number of amides is 2. The summed E-state index contributed by atoms with van der Waals surface area (Å²) in [4.78, 5) is 31.3. The lowest BCUT2D eigenvalue weighted by molar-refractivity contribution is -0.115. The number of hydrogen-bond donors (Lipinski definition) is 1. The van der Waals surface area contributed by atoms with Gasteiger partial charge in [0.25, 0.3) is 5.91 Å². The van der Waals surface area contributed by atoms with Gasteiger partial charge in [-0.25, -0.2) is 4.98 Å². The Morgan fingerprint density at radius 3 is 2.83 bits per heavy atom. The van der Waals surface area contributed by atoms with Crippen LogP contribution in [0.5, 0.6) is 0 Å². The molecule has 2 heterocycles. The first kappa shape index (κ1) is 16.2. The van der Waals surface area contributed by atoms with E-state index < -0.39 is 0 Å². The zero-order chi connectivity index (χ0) is 17.3. The average molecular weight is 342 g/mol. The molecular weight excluding hydrogens is 324 g/mol. The van der Waals surface area contributed by atoms with Crippen molar-refractivity contribution in [2.75, 3.05) is 19.4 Å². The number of imidazole rings is 1. The summed E-state index contributed by atoms with van der Waals surface area (Å²) in [5, 5.41) is 4.82. The van der Waals surface area contributed by atoms with Crippen molar-refractivity contribution in [2.24, 2.45) is 0 Å². The van der Waals surface area contributed by atoms with E-state index in [9.17, 15) is 9.59 Å². The molecule has 2 aromatic heterocycles. The molecule has 6 nitrogen and oxygen atoms in total. The predicted molar refractivity (Wildman–Crippen MR) is 94.6 cm³/mol. The number of fused-ring (bicyclic) bond motifs is 1. The molecule has 0 fully saturated rings. The molecule has 0 spiro atoms. The molecule has 0 saturated carbocycles. The quantitative estimate of drug-likeness (QED) is 0.792. The van der Waals surface area contributed by atoms with Gasteiger partial charge in [-0.2, -0.15) is 0 Å². The zero-order valence-corrected chi connectivity index (χ0v) is 14.6. The molecule has 7 heteroatoms. The van der Waals surface area contributed by atoms with E-state index in [0.717, 1.165) is 16.2 Å². The van der Waals surface area contributed by atoms with Gasteiger partial charge in [0.1, 0.15) is 0 Å². The second-order valence-corrected chi connectivity index (χ2v) is 6.60. The van der Waals surface area contributed by atoms with E-state index >= 15 is 0 Å². The van der Waals surface area contributed by atoms with E-state index in [0.29, 0.717) is 11.3 Å². The summed E-state index contributed by atoms with van der Waals surface area (Å²) in [5.74, 6) is -0.240. The van der Waals surface area contributed by atoms with Crippen LogP contribution < -0.4 is 5.32 Å². The highest BCUT2D eigenvalue weighted by molar-refractivity contribution is 7.15. The highest BCUT2D eigenvalue weighted by atomic mass is 32.1. The van der Waals surface area contributed by atoms with Gasteiger partial charge >= 0.3 is 0 Å². The van der Waals surface area contributed by atoms with Crippen molar-refractivity contribution < 1.29 is 9.59 Å². The fourth-order valence-corrected chi connectivity index (χ4v) is 3.18. The number of nitrogens with zero attached hydrogens (tertiary/aromatic N) is 3. The second-order valence-electron chi connectivity index (χ2n) is 5.73. The maximum Gasteiger partial charge on any atom is 0.253 e. The van der Waals surface area contributed by atoms with Crippen molar-refractivity contribution in [1.29, 1.82) is 0 Å². The third kappa shape index (κ3) is 3.16. The highest BCUT2D eigenvalue weighted by Crippen LogP contribution is 2.20. The third-order valence-corrected chi connectivity index (χ3v) is 4.50. The second kappa shape index (κ2) is 6.45. The minimum atomic E-state index is -0.154. The lowest BCUT2D eigenvalue weighted by atomic mass is 10.1. The van der Waals surface area contributed by atoms with Crippen molar-refractivity contribution in [3.8, 4) is 0 Å². The predicted octanol–water partition coefficient (Wildman–Crippen LogP) is 2.59. The van der Waals surface area contributed by atoms with Crippen LogP contribution in [-0.2, 0) is 11.2 Å². The fraction of sp³-hybridized carbons (Fsp3) is 0.235. The van der Waals surface area contributed by atoms with Crippen molar-refractivity contribution >= 4 is 33.8 Å². The van der Waals surface area contributed by atoms with Gasteiger partial charge in [0.05, 0.1) is 12.1 Å². The molecule has 0 aliphatic rings. The maximum atomic E-state index is 12.3. The molecule has 0 aliphatic carbocycles. The van der Waals surface area contributed by atoms with Crippen LogP contribution in [-0.4, -0.2) is 40.2 Å². The van der Waals surface area contributed by atoms with Gasteiger partial charge < -0.3 is 10.2 Å². The molecule has 1 aromatic carbocycles. The Labute approximate surface area is 143 Å². The van der Waals surface area contributed by atoms with Crippen molar-refractivity contribution in [3.63, 3.8) is 0 Å². The Hall–Kier alpha value is -2.67. The van der Waals surface area contributed by atoms with Gasteiger partial charge in [-0.15, -0.1) is 11.3 Å². The van der Waals surface area contributed by atoms with Crippen LogP contribution in [0.4, 0.5) is 5.69 Å². The first-order chi connectivity index (χ1) is 11.5. The van der Waals surface area contributed by atoms with E-state index in [-0.39, 0.29) is 18.2 Å². The number of carbonyl (C=O) groups is 2. The summed E-state index contributed by atoms with van der Waals surface area (Å²) in [7, 11) is 3.41. The number of rotatable bonds is 4. The molecule has 0 atom stereocenters. The number of thiazole rings is 1. The summed E-state index contributed by atoms with van der Waals surface area (Å²) in [5.41, 5.74) is 2.71. The Morgan fingerprint density at radius 1 is 1.33 bits per heavy atom. The molecule has 24 heavy (non-hydrogen) atoms. The van der Waals surface area contributed by atoms with Crippen molar-refractivity contribution in [3.05, 3.63) is 52.8 Å². The summed E-state index contributed by atoms with van der Waals surface area (Å²) in [6, 6.07) is 5.33. The summed E-state index contributed by atoms with van der Waals surface area (Å²) < 4.78 is 1.90. The van der Waals surface area contributed by atoms with E-state index in [1.54, 1.807) is 32.3 Å². The topological polar surface area (TPSA) is 66.7 Å². The van der Waals surface area contributed by atoms with Gasteiger partial charge in [0.2, 0.25) is 5.91 Å². The molecule has 124 valence electrons. The van der Waals surface area contributed by atoms with E-state index in [4.69, 9.17) is 0 Å². The summed E-state index contributed by atoms with van der Waals surface area (Å²) >= 11 is 1.53. The molecule has 0 radical (unpaired) electrons. The first-order valence-electron chi connectivity index (χ1n) is 7.48. The number of hydrogen-bond acceptors (Lipinski definition) is 4. The largest absolute Gasteiger partial charge is 0.345 e. The molecular formula is C17H18N4O2S. The Kier molecular flexibility index (Phi) is 4.35. The molecule has 0 aliphatic heterocycles. The monoisotopic (exact) mass is 342 g/mol. The Balaban J connectivity index is 1.75. The maximum absolute atomic E-state index is 12.3. The molecule has 1 N–H and O–H groups in total. The number of aromatic nitrogens is 2. The summed E-state index contributed by atoms with van der Waals surface area (Å²) in [6.45, 7) is 1.83. The van der Waals surface area contributed by atoms with Gasteiger partial charge in [0, 0.05) is 43.1 Å². The van der Waals surface area contributed by atoms with Gasteiger partial charge in [0.15, 0.2) is 4.96 Å². The van der Waals surface area contributed by atoms with Crippen LogP contribution in [0.15, 0.2) is 36.0 Å². The molecule has 0 saturated heterocycles. The minimum Gasteiger partial charge on any atom is -0.345 e. The van der Waals surface area contributed by atoms with Crippen LogP contribution in [0.3, 0.4) is 0 Å². The highest BCUT2D eigenvalue weighted by Gasteiger charge is 2.15. The molecule has 0 unspecified atom stereocenters. The van der Waals surface area contributed by atoms with Crippen LogP contribution in [0.1, 0.15) is 21.6 Å². The normalized spacial score (nSPS) is 10.8. The number of anilines is 1. The van der Waals surface area contributed by atoms with Gasteiger partial charge in [-0.05, 0) is 24.6 Å². The molecule has 0 bridgehead atoms. The van der Waals surface area contributed by atoms with E-state index in [2.05, 4.69) is 10.3 Å². The van der Waals surface area contributed by atoms with Crippen molar-refractivity contribution in [1.82, 2.24) is 14.3 Å². The smallest absolute Gasteiger partial charge is 0.253 e. The van der Waals surface area contributed by atoms with Gasteiger partial charge in [-0.1, -0.05) is 6.07 Å². The molecule has 3 rings (SSSR count). The van der Waals surface area contributed by atoms with Crippen LogP contribution >= 0.6 is 11.3 Å². The minimum absolute atomic E-state index is 0.0852. The summed E-state index contributed by atoms with van der Waals surface area (Å²) in [6.07, 6.45) is 3.96. The van der Waals surface area contributed by atoms with Crippen LogP contribution in [0, 0.1) is 6.92 Å². The van der Waals surface area contributed by atoms with Crippen LogP contribution in [0.2, 0.25) is 0 Å². The zero-order valence-electron chi connectivity index (χ0n) is 13.7. The van der Waals surface area contributed by atoms with E-state index in [1.165, 1.54) is 16.2 Å². The standard InChI is InChI=1S/C17H18N4O2S/c1-11-13(16(23)20(2)3)5-4-6-14(11)19-15(22)9-12-10-21-7-8-24-17(21)18-12/h4-8,10H,9H2,1-3H3,(H,19,22). The SMILES string of the molecule is Cc1c(NC(=O)Cc2cn3ccsc3n2)cccc1C(=O)N(C)C. The fourth-order valence-electron chi connectivity index (χ4n) is 2.46. The average Bonchev–Trinajstić information content (AvgIpc) is 3.09. The number of nitrogens with one attached hydrogen (secondary N) is 1. The van der Waals surface area contributed by atoms with Crippen LogP contribution in [0.25, 0.3) is 4.96 Å². The molecule has 3 aromatic rings. The van der Waals surface area contributed by atoms with E-state index in [1.807, 2.05) is 29.1 Å². The Bertz CT molecular complexity index is 882. The molecule has 2 amide bonds. The lowest BCUT2D eigenvalue weighted by Gasteiger charge is -2.15. The number of carbonyl (C=O) groups excluding carboxylic acids is 2.